The van der Waals surface area contributed by atoms with Gasteiger partial charge in [0.25, 0.3) is 11.8 Å². The molecule has 0 aliphatic rings. The molecule has 2 N–H and O–H groups in total. The zero-order valence-electron chi connectivity index (χ0n) is 21.0. The zero-order chi connectivity index (χ0) is 22.9. The topological polar surface area (TPSA) is 58.2 Å². The maximum atomic E-state index is 12.2. The Morgan fingerprint density at radius 1 is 0.567 bits per heavy atom. The molecule has 0 aromatic carbocycles. The van der Waals surface area contributed by atoms with E-state index in [1.165, 1.54) is 38.5 Å². The highest BCUT2D eigenvalue weighted by Gasteiger charge is 2.22. The van der Waals surface area contributed by atoms with Gasteiger partial charge in [0.2, 0.25) is 0 Å². The molecule has 6 nitrogen and oxygen atoms in total. The van der Waals surface area contributed by atoms with Crippen LogP contribution < -0.4 is 10.6 Å². The number of rotatable bonds is 19. The minimum absolute atomic E-state index is 0.156. The van der Waals surface area contributed by atoms with Crippen molar-refractivity contribution < 1.29 is 18.6 Å². The van der Waals surface area contributed by atoms with E-state index in [0.29, 0.717) is 22.1 Å². The molecule has 0 saturated heterocycles. The van der Waals surface area contributed by atoms with E-state index in [1.807, 2.05) is 0 Å². The van der Waals surface area contributed by atoms with Crippen molar-refractivity contribution in [2.75, 3.05) is 67.5 Å². The van der Waals surface area contributed by atoms with E-state index in [2.05, 4.69) is 52.7 Å². The van der Waals surface area contributed by atoms with Gasteiger partial charge < -0.3 is 19.6 Å². The van der Waals surface area contributed by atoms with E-state index in [9.17, 15) is 9.59 Å². The highest BCUT2D eigenvalue weighted by Crippen LogP contribution is 2.06. The summed E-state index contributed by atoms with van der Waals surface area (Å²) in [5.74, 6) is 0.312. The van der Waals surface area contributed by atoms with Gasteiger partial charge in [0, 0.05) is 25.9 Å². The summed E-state index contributed by atoms with van der Waals surface area (Å²) in [4.78, 5) is 24.3. The minimum atomic E-state index is 0.156. The average Bonchev–Trinajstić information content (AvgIpc) is 2.64. The van der Waals surface area contributed by atoms with Gasteiger partial charge in [-0.25, -0.2) is 0 Å². The SMILES string of the molecule is CCCCCCNC(=O)C[N+](C)(C)CCCC[N+](C)(C)CC(=O)NCCCCCC. The molecular weight excluding hydrogens is 376 g/mol. The number of carbonyl (C=O) groups excluding carboxylic acids is 2. The Morgan fingerprint density at radius 2 is 0.933 bits per heavy atom. The number of hydrogen-bond acceptors (Lipinski definition) is 2. The van der Waals surface area contributed by atoms with Crippen molar-refractivity contribution >= 4 is 11.8 Å². The van der Waals surface area contributed by atoms with Crippen LogP contribution >= 0.6 is 0 Å². The molecule has 0 aromatic rings. The zero-order valence-corrected chi connectivity index (χ0v) is 21.0. The summed E-state index contributed by atoms with van der Waals surface area (Å²) in [6.07, 6.45) is 11.6. The second-order valence-corrected chi connectivity index (χ2v) is 10.2. The second kappa shape index (κ2) is 16.5. The highest BCUT2D eigenvalue weighted by molar-refractivity contribution is 5.77. The number of carbonyl (C=O) groups is 2. The van der Waals surface area contributed by atoms with Crippen molar-refractivity contribution in [1.29, 1.82) is 0 Å². The van der Waals surface area contributed by atoms with Crippen molar-refractivity contribution in [2.45, 2.75) is 78.1 Å². The Hall–Kier alpha value is -1.14. The lowest BCUT2D eigenvalue weighted by atomic mass is 10.2. The average molecular weight is 429 g/mol. The molecule has 0 aliphatic heterocycles. The number of unbranched alkanes of at least 4 members (excludes halogenated alkanes) is 7. The summed E-state index contributed by atoms with van der Waals surface area (Å²) < 4.78 is 1.43. The van der Waals surface area contributed by atoms with E-state index in [0.717, 1.165) is 51.9 Å². The Morgan fingerprint density at radius 3 is 1.27 bits per heavy atom. The van der Waals surface area contributed by atoms with Gasteiger partial charge in [-0.05, 0) is 12.8 Å². The number of nitrogens with zero attached hydrogens (tertiary/aromatic N) is 2. The Balaban J connectivity index is 3.96. The number of amides is 2. The van der Waals surface area contributed by atoms with Crippen LogP contribution in [-0.4, -0.2) is 88.2 Å². The van der Waals surface area contributed by atoms with E-state index in [4.69, 9.17) is 0 Å². The molecule has 0 bridgehead atoms. The fraction of sp³-hybridized carbons (Fsp3) is 0.917. The molecule has 2 amide bonds. The van der Waals surface area contributed by atoms with Gasteiger partial charge >= 0.3 is 0 Å². The third-order valence-corrected chi connectivity index (χ3v) is 5.63. The monoisotopic (exact) mass is 428 g/mol. The molecular formula is C24H52N4O2+2. The molecule has 0 heterocycles. The van der Waals surface area contributed by atoms with Crippen molar-refractivity contribution in [3.63, 3.8) is 0 Å². The first-order valence-electron chi connectivity index (χ1n) is 12.3. The van der Waals surface area contributed by atoms with Gasteiger partial charge in [-0.15, -0.1) is 0 Å². The van der Waals surface area contributed by atoms with Crippen LogP contribution in [-0.2, 0) is 9.59 Å². The van der Waals surface area contributed by atoms with Crippen LogP contribution in [0.1, 0.15) is 78.1 Å². The van der Waals surface area contributed by atoms with E-state index >= 15 is 0 Å². The summed E-state index contributed by atoms with van der Waals surface area (Å²) in [6.45, 7) is 9.01. The van der Waals surface area contributed by atoms with Gasteiger partial charge in [-0.1, -0.05) is 52.4 Å². The predicted molar refractivity (Wildman–Crippen MR) is 127 cm³/mol. The molecule has 0 rings (SSSR count). The maximum absolute atomic E-state index is 12.2. The van der Waals surface area contributed by atoms with Gasteiger partial charge in [-0.3, -0.25) is 9.59 Å². The Bertz CT molecular complexity index is 422. The molecule has 0 radical (unpaired) electrons. The summed E-state index contributed by atoms with van der Waals surface area (Å²) in [7, 11) is 8.51. The number of quaternary nitrogens is 2. The molecule has 0 atom stereocenters. The lowest BCUT2D eigenvalue weighted by Crippen LogP contribution is -2.49. The van der Waals surface area contributed by atoms with Crippen LogP contribution in [0.15, 0.2) is 0 Å². The fourth-order valence-electron chi connectivity index (χ4n) is 3.69. The van der Waals surface area contributed by atoms with Gasteiger partial charge in [0.15, 0.2) is 13.1 Å². The number of likely N-dealkylation sites (N-methyl/N-ethyl adjacent to an activating group) is 2. The third kappa shape index (κ3) is 17.7. The number of hydrogen-bond donors (Lipinski definition) is 2. The van der Waals surface area contributed by atoms with Crippen LogP contribution in [0.2, 0.25) is 0 Å². The fourth-order valence-corrected chi connectivity index (χ4v) is 3.69. The molecule has 0 aromatic heterocycles. The van der Waals surface area contributed by atoms with E-state index in [1.54, 1.807) is 0 Å². The van der Waals surface area contributed by atoms with Crippen LogP contribution in [0.3, 0.4) is 0 Å². The Labute approximate surface area is 186 Å². The molecule has 30 heavy (non-hydrogen) atoms. The van der Waals surface area contributed by atoms with Crippen LogP contribution in [0.25, 0.3) is 0 Å². The maximum Gasteiger partial charge on any atom is 0.275 e. The number of nitrogens with one attached hydrogen (secondary N) is 2. The first-order chi connectivity index (χ1) is 14.1. The summed E-state index contributed by atoms with van der Waals surface area (Å²) in [5.41, 5.74) is 0. The molecule has 178 valence electrons. The van der Waals surface area contributed by atoms with Gasteiger partial charge in [0.05, 0.1) is 41.3 Å². The summed E-state index contributed by atoms with van der Waals surface area (Å²) in [6, 6.07) is 0. The molecule has 0 fully saturated rings. The van der Waals surface area contributed by atoms with Gasteiger partial charge in [0.1, 0.15) is 0 Å². The molecule has 0 aliphatic carbocycles. The first-order valence-corrected chi connectivity index (χ1v) is 12.3. The van der Waals surface area contributed by atoms with E-state index in [-0.39, 0.29) is 11.8 Å². The standard InChI is InChI=1S/C24H50N4O2/c1-7-9-11-13-17-25-23(29)21-27(3,4)19-15-16-20-28(5,6)22-24(30)26-18-14-12-10-8-2/h7-22H2,1-6H3/p+2. The first kappa shape index (κ1) is 28.9. The normalized spacial score (nSPS) is 12.1. The predicted octanol–water partition coefficient (Wildman–Crippen LogP) is 3.31. The third-order valence-electron chi connectivity index (χ3n) is 5.63. The largest absolute Gasteiger partial charge is 0.351 e. The highest BCUT2D eigenvalue weighted by atomic mass is 16.2. The van der Waals surface area contributed by atoms with Gasteiger partial charge in [-0.2, -0.15) is 0 Å². The van der Waals surface area contributed by atoms with Crippen LogP contribution in [0.4, 0.5) is 0 Å². The Kier molecular flexibility index (Phi) is 15.9. The molecule has 0 unspecified atom stereocenters. The van der Waals surface area contributed by atoms with Crippen molar-refractivity contribution in [3.8, 4) is 0 Å². The molecule has 0 spiro atoms. The molecule has 6 heteroatoms. The van der Waals surface area contributed by atoms with Crippen molar-refractivity contribution in [1.82, 2.24) is 10.6 Å². The minimum Gasteiger partial charge on any atom is -0.351 e. The summed E-state index contributed by atoms with van der Waals surface area (Å²) >= 11 is 0. The summed E-state index contributed by atoms with van der Waals surface area (Å²) in [5, 5.41) is 6.12. The van der Waals surface area contributed by atoms with Crippen molar-refractivity contribution in [3.05, 3.63) is 0 Å². The van der Waals surface area contributed by atoms with Crippen LogP contribution in [0.5, 0.6) is 0 Å². The second-order valence-electron chi connectivity index (χ2n) is 10.2. The molecule has 0 saturated carbocycles. The van der Waals surface area contributed by atoms with Crippen LogP contribution in [0, 0.1) is 0 Å². The lowest BCUT2D eigenvalue weighted by Gasteiger charge is -2.31. The smallest absolute Gasteiger partial charge is 0.275 e. The quantitative estimate of drug-likeness (QED) is 0.245. The van der Waals surface area contributed by atoms with Crippen molar-refractivity contribution in [2.24, 2.45) is 0 Å². The lowest BCUT2D eigenvalue weighted by molar-refractivity contribution is -0.889. The van der Waals surface area contributed by atoms with E-state index < -0.39 is 0 Å².